The predicted molar refractivity (Wildman–Crippen MR) is 240 cm³/mol. The molecule has 0 fully saturated rings. The van der Waals surface area contributed by atoms with Crippen molar-refractivity contribution >= 4 is 22.5 Å². The van der Waals surface area contributed by atoms with Crippen LogP contribution in [0.4, 0.5) is 11.5 Å². The first-order valence-corrected chi connectivity index (χ1v) is 21.7. The van der Waals surface area contributed by atoms with Crippen molar-refractivity contribution in [1.29, 1.82) is 0 Å². The van der Waals surface area contributed by atoms with Gasteiger partial charge in [-0.2, -0.15) is 0 Å². The summed E-state index contributed by atoms with van der Waals surface area (Å²) in [5, 5.41) is 0. The van der Waals surface area contributed by atoms with Crippen molar-refractivity contribution in [2.75, 3.05) is 4.90 Å². The van der Waals surface area contributed by atoms with Gasteiger partial charge in [-0.25, -0.2) is 0 Å². The molecule has 3 heterocycles. The summed E-state index contributed by atoms with van der Waals surface area (Å²) in [5.74, 6) is 2.57. The Morgan fingerprint density at radius 2 is 1.25 bits per heavy atom. The molecule has 9 rings (SSSR count). The summed E-state index contributed by atoms with van der Waals surface area (Å²) in [6.45, 7) is 15.9. The van der Waals surface area contributed by atoms with E-state index in [1.165, 1.54) is 55.8 Å². The molecule has 0 saturated heterocycles. The number of aromatic nitrogens is 3. The second kappa shape index (κ2) is 15.4. The van der Waals surface area contributed by atoms with Gasteiger partial charge in [0.15, 0.2) is 0 Å². The number of pyridine rings is 1. The number of imidazole rings is 1. The summed E-state index contributed by atoms with van der Waals surface area (Å²) in [4.78, 5) is 7.28. The van der Waals surface area contributed by atoms with Crippen LogP contribution in [0.5, 0.6) is 11.5 Å². The van der Waals surface area contributed by atoms with E-state index in [1.54, 1.807) is 0 Å². The van der Waals surface area contributed by atoms with Gasteiger partial charge < -0.3 is 0 Å². The molecule has 2 aromatic heterocycles. The van der Waals surface area contributed by atoms with Gasteiger partial charge in [-0.3, -0.25) is 0 Å². The van der Waals surface area contributed by atoms with Crippen LogP contribution in [0.25, 0.3) is 44.7 Å². The molecule has 59 heavy (non-hydrogen) atoms. The minimum absolute atomic E-state index is 0.0318. The molecule has 1 atom stereocenters. The topological polar surface area (TPSA) is 35.2 Å². The number of nitrogens with zero attached hydrogens (tertiary/aromatic N) is 4. The molecule has 298 valence electrons. The molecular formula is C53H50N4OPt. The van der Waals surface area contributed by atoms with Crippen molar-refractivity contribution in [2.24, 2.45) is 0 Å². The predicted octanol–water partition coefficient (Wildman–Crippen LogP) is 13.7. The molecule has 1 aliphatic rings. The van der Waals surface area contributed by atoms with E-state index in [-0.39, 0.29) is 5.41 Å². The molecule has 1 aliphatic heterocycles. The summed E-state index contributed by atoms with van der Waals surface area (Å²) in [6.07, 6.45) is 4.05. The number of anilines is 2. The Morgan fingerprint density at radius 1 is 0.644 bits per heavy atom. The SMILES string of the molecule is Cc1c(C)c(-c2ccccc2)c(-n2[c](=[Pt])n(-c3cccc(Oc4ccc5c(c4)N(c4cc(C(C)(C)C)ccn4)C(C)CC5)c3)c3ccccc32)c(-c2ccccc2)c1C. The summed E-state index contributed by atoms with van der Waals surface area (Å²) in [5.41, 5.74) is 17.0. The van der Waals surface area contributed by atoms with Gasteiger partial charge in [0.1, 0.15) is 0 Å². The Morgan fingerprint density at radius 3 is 1.90 bits per heavy atom. The molecule has 0 spiro atoms. The third-order valence-electron chi connectivity index (χ3n) is 12.2. The first-order chi connectivity index (χ1) is 28.5. The molecule has 0 radical (unpaired) electrons. The van der Waals surface area contributed by atoms with Gasteiger partial charge in [0.25, 0.3) is 0 Å². The summed E-state index contributed by atoms with van der Waals surface area (Å²) >= 11 is 2.53. The number of fused-ring (bicyclic) bond motifs is 2. The first-order valence-electron chi connectivity index (χ1n) is 20.6. The second-order valence-corrected chi connectivity index (χ2v) is 17.9. The number of hydrogen-bond acceptors (Lipinski definition) is 3. The average Bonchev–Trinajstić information content (AvgIpc) is 3.54. The van der Waals surface area contributed by atoms with Crippen molar-refractivity contribution in [1.82, 2.24) is 14.1 Å². The minimum atomic E-state index is 0.0318. The normalized spacial score (nSPS) is 14.1. The Hall–Kier alpha value is -5.77. The molecular weight excluding hydrogens is 904 g/mol. The van der Waals surface area contributed by atoms with E-state index < -0.39 is 0 Å². The molecule has 1 unspecified atom stereocenters. The zero-order valence-corrected chi connectivity index (χ0v) is 37.1. The number of hydrogen-bond donors (Lipinski definition) is 0. The number of para-hydroxylation sites is 2. The van der Waals surface area contributed by atoms with Gasteiger partial charge in [0.2, 0.25) is 0 Å². The van der Waals surface area contributed by atoms with E-state index in [4.69, 9.17) is 9.72 Å². The first kappa shape index (κ1) is 38.7. The van der Waals surface area contributed by atoms with Crippen LogP contribution in [0.1, 0.15) is 61.9 Å². The van der Waals surface area contributed by atoms with E-state index >= 15 is 0 Å². The van der Waals surface area contributed by atoms with Crippen molar-refractivity contribution in [3.63, 3.8) is 0 Å². The Balaban J connectivity index is 1.18. The maximum absolute atomic E-state index is 6.78. The fourth-order valence-corrected chi connectivity index (χ4v) is 9.90. The van der Waals surface area contributed by atoms with E-state index in [0.717, 1.165) is 56.4 Å². The van der Waals surface area contributed by atoms with Crippen molar-refractivity contribution in [2.45, 2.75) is 72.8 Å². The molecule has 0 amide bonds. The van der Waals surface area contributed by atoms with Gasteiger partial charge >= 0.3 is 317 Å². The van der Waals surface area contributed by atoms with Gasteiger partial charge in [-0.1, -0.05) is 20.8 Å². The monoisotopic (exact) mass is 953 g/mol. The molecule has 0 bridgehead atoms. The molecule has 0 saturated carbocycles. The molecule has 0 N–H and O–H groups in total. The van der Waals surface area contributed by atoms with Gasteiger partial charge in [-0.05, 0) is 17.0 Å². The zero-order chi connectivity index (χ0) is 41.0. The van der Waals surface area contributed by atoms with Crippen LogP contribution in [-0.4, -0.2) is 20.2 Å². The van der Waals surface area contributed by atoms with E-state index in [2.05, 4.69) is 221 Å². The van der Waals surface area contributed by atoms with Crippen LogP contribution in [0, 0.1) is 24.6 Å². The van der Waals surface area contributed by atoms with E-state index in [0.29, 0.717) is 6.04 Å². The molecule has 6 heteroatoms. The fourth-order valence-electron chi connectivity index (χ4n) is 8.81. The van der Waals surface area contributed by atoms with E-state index in [1.807, 2.05) is 6.20 Å². The third-order valence-corrected chi connectivity index (χ3v) is 13.2. The zero-order valence-electron chi connectivity index (χ0n) is 34.9. The molecule has 6 aromatic carbocycles. The number of benzene rings is 6. The van der Waals surface area contributed by atoms with Crippen LogP contribution >= 0.6 is 0 Å². The molecule has 8 aromatic rings. The van der Waals surface area contributed by atoms with Crippen molar-refractivity contribution in [3.8, 4) is 45.1 Å². The van der Waals surface area contributed by atoms with Crippen LogP contribution in [-0.2, 0) is 31.2 Å². The van der Waals surface area contributed by atoms with Gasteiger partial charge in [0.05, 0.1) is 0 Å². The average molecular weight is 954 g/mol. The fraction of sp³-hybridized carbons (Fsp3) is 0.208. The van der Waals surface area contributed by atoms with Crippen LogP contribution in [0.15, 0.2) is 146 Å². The van der Waals surface area contributed by atoms with Gasteiger partial charge in [0, 0.05) is 6.20 Å². The summed E-state index contributed by atoms with van der Waals surface area (Å²) < 4.78 is 12.7. The maximum atomic E-state index is 6.78. The summed E-state index contributed by atoms with van der Waals surface area (Å²) in [7, 11) is 0. The Bertz CT molecular complexity index is 2850. The molecule has 5 nitrogen and oxygen atoms in total. The summed E-state index contributed by atoms with van der Waals surface area (Å²) in [6, 6.07) is 50.2. The number of rotatable bonds is 7. The Kier molecular flexibility index (Phi) is 10.1. The Labute approximate surface area is 359 Å². The van der Waals surface area contributed by atoms with Crippen molar-refractivity contribution < 1.29 is 24.1 Å². The van der Waals surface area contributed by atoms with Crippen molar-refractivity contribution in [3.05, 3.63) is 177 Å². The standard InChI is InChI=1S/C53H50N4O.Pt/c1-35-25-26-39-27-28-45(33-48(39)57(35)49-31-42(29-30-54-49)53(5,6)7)58-44-22-16-21-43(32-44)55-34-56(47-24-15-14-23-46(47)55)52-50(40-17-10-8-11-18-40)37(3)36(2)38(4)51(52)41-19-12-9-13-20-41;/h8-24,27-33,35H,25-26H2,1-7H3;. The van der Waals surface area contributed by atoms with Crippen LogP contribution in [0.2, 0.25) is 0 Å². The molecule has 0 aliphatic carbocycles. The van der Waals surface area contributed by atoms with Gasteiger partial charge in [-0.15, -0.1) is 0 Å². The number of aryl methyl sites for hydroxylation is 1. The number of ether oxygens (including phenoxy) is 1. The van der Waals surface area contributed by atoms with Crippen LogP contribution < -0.4 is 9.64 Å². The third kappa shape index (κ3) is 7.00. The quantitative estimate of drug-likeness (QED) is 0.160. The van der Waals surface area contributed by atoms with E-state index in [9.17, 15) is 0 Å². The second-order valence-electron chi connectivity index (χ2n) is 16.9. The van der Waals surface area contributed by atoms with Crippen LogP contribution in [0.3, 0.4) is 0 Å².